The van der Waals surface area contributed by atoms with E-state index in [1.165, 1.54) is 19.4 Å². The van der Waals surface area contributed by atoms with Gasteiger partial charge in [-0.1, -0.05) is 0 Å². The average Bonchev–Trinajstić information content (AvgIpc) is 2.47. The molecule has 140 valence electrons. The van der Waals surface area contributed by atoms with Gasteiger partial charge in [0, 0.05) is 32.7 Å². The van der Waals surface area contributed by atoms with E-state index >= 15 is 0 Å². The predicted molar refractivity (Wildman–Crippen MR) is 98.4 cm³/mol. The second kappa shape index (κ2) is 10.4. The highest BCUT2D eigenvalue weighted by Gasteiger charge is 2.17. The number of guanidine groups is 1. The molecule has 0 saturated carbocycles. The summed E-state index contributed by atoms with van der Waals surface area (Å²) in [7, 11) is 2.17. The molecule has 1 unspecified atom stereocenters. The lowest BCUT2D eigenvalue weighted by molar-refractivity contribution is 0.0529. The highest BCUT2D eigenvalue weighted by molar-refractivity contribution is 5.79. The molecule has 0 spiro atoms. The molecular formula is C17H35N5O2. The molecule has 1 aliphatic heterocycles. The molecule has 7 nitrogen and oxygen atoms in total. The zero-order valence-corrected chi connectivity index (χ0v) is 15.9. The molecule has 7 heteroatoms. The topological polar surface area (TPSA) is 78.0 Å². The van der Waals surface area contributed by atoms with E-state index in [2.05, 4.69) is 32.9 Å². The maximum absolute atomic E-state index is 11.6. The van der Waals surface area contributed by atoms with Crippen LogP contribution in [-0.4, -0.2) is 68.9 Å². The highest BCUT2D eigenvalue weighted by Crippen LogP contribution is 2.14. The first-order valence-corrected chi connectivity index (χ1v) is 8.97. The van der Waals surface area contributed by atoms with Crippen LogP contribution in [-0.2, 0) is 4.74 Å². The second-order valence-corrected chi connectivity index (χ2v) is 7.35. The van der Waals surface area contributed by atoms with Crippen molar-refractivity contribution >= 4 is 12.1 Å². The van der Waals surface area contributed by atoms with Crippen molar-refractivity contribution in [1.82, 2.24) is 20.9 Å². The third-order valence-corrected chi connectivity index (χ3v) is 3.66. The van der Waals surface area contributed by atoms with Crippen LogP contribution in [0.15, 0.2) is 4.99 Å². The van der Waals surface area contributed by atoms with Gasteiger partial charge in [0.15, 0.2) is 5.96 Å². The Hall–Kier alpha value is -1.50. The first-order valence-electron chi connectivity index (χ1n) is 8.97. The number of nitrogens with zero attached hydrogens (tertiary/aromatic N) is 2. The molecule has 1 rings (SSSR count). The molecule has 0 radical (unpaired) electrons. The minimum Gasteiger partial charge on any atom is -0.444 e. The Morgan fingerprint density at radius 1 is 1.25 bits per heavy atom. The summed E-state index contributed by atoms with van der Waals surface area (Å²) in [5.41, 5.74) is -0.471. The minimum absolute atomic E-state index is 0.392. The SMILES string of the molecule is CCNC(=NCC1CCCN(C)C1)NCCNC(=O)OC(C)(C)C. The van der Waals surface area contributed by atoms with Crippen molar-refractivity contribution in [2.45, 2.75) is 46.1 Å². The number of aliphatic imine (C=N–C) groups is 1. The Labute approximate surface area is 146 Å². The average molecular weight is 342 g/mol. The molecule has 1 fully saturated rings. The maximum Gasteiger partial charge on any atom is 0.407 e. The van der Waals surface area contributed by atoms with Gasteiger partial charge >= 0.3 is 6.09 Å². The van der Waals surface area contributed by atoms with E-state index in [0.717, 1.165) is 25.6 Å². The monoisotopic (exact) mass is 341 g/mol. The lowest BCUT2D eigenvalue weighted by atomic mass is 9.99. The normalized spacial score (nSPS) is 19.7. The van der Waals surface area contributed by atoms with Crippen LogP contribution >= 0.6 is 0 Å². The summed E-state index contributed by atoms with van der Waals surface area (Å²) in [6.45, 7) is 12.6. The Morgan fingerprint density at radius 2 is 1.96 bits per heavy atom. The van der Waals surface area contributed by atoms with E-state index in [1.54, 1.807) is 0 Å². The van der Waals surface area contributed by atoms with Crippen LogP contribution in [0, 0.1) is 5.92 Å². The molecule has 0 aromatic rings. The summed E-state index contributed by atoms with van der Waals surface area (Å²) < 4.78 is 5.20. The molecule has 1 saturated heterocycles. The van der Waals surface area contributed by atoms with Crippen LogP contribution < -0.4 is 16.0 Å². The third kappa shape index (κ3) is 9.60. The molecule has 1 aliphatic rings. The fourth-order valence-electron chi connectivity index (χ4n) is 2.64. The van der Waals surface area contributed by atoms with Crippen LogP contribution in [0.5, 0.6) is 0 Å². The smallest absolute Gasteiger partial charge is 0.407 e. The Balaban J connectivity index is 2.29. The number of rotatable bonds is 6. The van der Waals surface area contributed by atoms with Gasteiger partial charge < -0.3 is 25.6 Å². The first-order chi connectivity index (χ1) is 11.3. The Bertz CT molecular complexity index is 406. The van der Waals surface area contributed by atoms with Crippen LogP contribution in [0.1, 0.15) is 40.5 Å². The van der Waals surface area contributed by atoms with E-state index in [9.17, 15) is 4.79 Å². The van der Waals surface area contributed by atoms with Crippen LogP contribution in [0.25, 0.3) is 0 Å². The number of hydrogen-bond donors (Lipinski definition) is 3. The fourth-order valence-corrected chi connectivity index (χ4v) is 2.64. The maximum atomic E-state index is 11.6. The van der Waals surface area contributed by atoms with Crippen LogP contribution in [0.4, 0.5) is 4.79 Å². The van der Waals surface area contributed by atoms with Crippen molar-refractivity contribution in [1.29, 1.82) is 0 Å². The first kappa shape index (κ1) is 20.5. The quantitative estimate of drug-likeness (QED) is 0.387. The molecule has 3 N–H and O–H groups in total. The van der Waals surface area contributed by atoms with Gasteiger partial charge in [0.25, 0.3) is 0 Å². The fraction of sp³-hybridized carbons (Fsp3) is 0.882. The Morgan fingerprint density at radius 3 is 2.58 bits per heavy atom. The molecule has 0 aromatic heterocycles. The van der Waals surface area contributed by atoms with Gasteiger partial charge in [-0.3, -0.25) is 4.99 Å². The second-order valence-electron chi connectivity index (χ2n) is 7.35. The van der Waals surface area contributed by atoms with Crippen molar-refractivity contribution in [3.05, 3.63) is 0 Å². The largest absolute Gasteiger partial charge is 0.444 e. The summed E-state index contributed by atoms with van der Waals surface area (Å²) in [5.74, 6) is 1.43. The standard InChI is InChI=1S/C17H35N5O2/c1-6-18-15(21-12-14-8-7-11-22(5)13-14)19-9-10-20-16(23)24-17(2,3)4/h14H,6-13H2,1-5H3,(H,20,23)(H2,18,19,21). The number of amides is 1. The van der Waals surface area contributed by atoms with Crippen LogP contribution in [0.2, 0.25) is 0 Å². The Kier molecular flexibility index (Phi) is 8.89. The lowest BCUT2D eigenvalue weighted by Crippen LogP contribution is -2.43. The van der Waals surface area contributed by atoms with Gasteiger partial charge in [-0.25, -0.2) is 4.79 Å². The number of hydrogen-bond acceptors (Lipinski definition) is 4. The zero-order valence-electron chi connectivity index (χ0n) is 15.9. The van der Waals surface area contributed by atoms with Gasteiger partial charge in [0.05, 0.1) is 0 Å². The summed E-state index contributed by atoms with van der Waals surface area (Å²) in [4.78, 5) is 18.6. The predicted octanol–water partition coefficient (Wildman–Crippen LogP) is 1.41. The number of ether oxygens (including phenoxy) is 1. The van der Waals surface area contributed by atoms with Gasteiger partial charge in [-0.15, -0.1) is 0 Å². The van der Waals surface area contributed by atoms with Crippen molar-refractivity contribution in [2.75, 3.05) is 46.3 Å². The number of carbonyl (C=O) groups is 1. The molecule has 1 heterocycles. The van der Waals surface area contributed by atoms with Crippen molar-refractivity contribution in [3.8, 4) is 0 Å². The van der Waals surface area contributed by atoms with Crippen LogP contribution in [0.3, 0.4) is 0 Å². The zero-order chi connectivity index (χ0) is 18.0. The highest BCUT2D eigenvalue weighted by atomic mass is 16.6. The molecular weight excluding hydrogens is 306 g/mol. The van der Waals surface area contributed by atoms with Gasteiger partial charge in [-0.05, 0) is 60.0 Å². The molecule has 0 aliphatic carbocycles. The van der Waals surface area contributed by atoms with E-state index < -0.39 is 11.7 Å². The number of nitrogens with one attached hydrogen (secondary N) is 3. The third-order valence-electron chi connectivity index (χ3n) is 3.66. The van der Waals surface area contributed by atoms with Gasteiger partial charge in [0.1, 0.15) is 5.60 Å². The van der Waals surface area contributed by atoms with Crippen molar-refractivity contribution < 1.29 is 9.53 Å². The number of likely N-dealkylation sites (tertiary alicyclic amines) is 1. The van der Waals surface area contributed by atoms with Crippen molar-refractivity contribution in [3.63, 3.8) is 0 Å². The molecule has 1 amide bonds. The summed E-state index contributed by atoms with van der Waals surface area (Å²) >= 11 is 0. The molecule has 24 heavy (non-hydrogen) atoms. The summed E-state index contributed by atoms with van der Waals surface area (Å²) in [5, 5.41) is 9.22. The summed E-state index contributed by atoms with van der Waals surface area (Å²) in [6.07, 6.45) is 2.10. The van der Waals surface area contributed by atoms with E-state index in [1.807, 2.05) is 27.7 Å². The number of carbonyl (C=O) groups excluding carboxylic acids is 1. The number of alkyl carbamates (subject to hydrolysis) is 1. The van der Waals surface area contributed by atoms with E-state index in [-0.39, 0.29) is 0 Å². The van der Waals surface area contributed by atoms with Crippen molar-refractivity contribution in [2.24, 2.45) is 10.9 Å². The number of piperidine rings is 1. The lowest BCUT2D eigenvalue weighted by Gasteiger charge is -2.28. The van der Waals surface area contributed by atoms with E-state index in [4.69, 9.17) is 4.74 Å². The van der Waals surface area contributed by atoms with Gasteiger partial charge in [0.2, 0.25) is 0 Å². The molecule has 1 atom stereocenters. The summed E-state index contributed by atoms with van der Waals surface area (Å²) in [6, 6.07) is 0. The van der Waals surface area contributed by atoms with E-state index in [0.29, 0.717) is 19.0 Å². The van der Waals surface area contributed by atoms with Gasteiger partial charge in [-0.2, -0.15) is 0 Å². The molecule has 0 bridgehead atoms. The molecule has 0 aromatic carbocycles. The minimum atomic E-state index is -0.471.